The standard InChI is InChI=1S/C16H22N4/c1-5-6-17-15-13(4)16(19-10-18-15)20-14-8-11(2)7-12(3)9-14/h7-10H,5-6H2,1-4H3,(H2,17,18,19,20). The third-order valence-electron chi connectivity index (χ3n) is 3.11. The molecule has 1 aromatic carbocycles. The molecule has 0 amide bonds. The van der Waals surface area contributed by atoms with Crippen LogP contribution in [-0.2, 0) is 0 Å². The second-order valence-electron chi connectivity index (χ2n) is 5.12. The minimum atomic E-state index is 0.851. The van der Waals surface area contributed by atoms with Crippen molar-refractivity contribution in [1.29, 1.82) is 0 Å². The van der Waals surface area contributed by atoms with E-state index in [1.54, 1.807) is 6.33 Å². The second kappa shape index (κ2) is 6.37. The number of nitrogens with one attached hydrogen (secondary N) is 2. The Morgan fingerprint density at radius 2 is 1.60 bits per heavy atom. The van der Waals surface area contributed by atoms with E-state index in [9.17, 15) is 0 Å². The smallest absolute Gasteiger partial charge is 0.138 e. The van der Waals surface area contributed by atoms with Gasteiger partial charge < -0.3 is 10.6 Å². The normalized spacial score (nSPS) is 10.4. The molecule has 0 unspecified atom stereocenters. The molecule has 4 nitrogen and oxygen atoms in total. The third-order valence-corrected chi connectivity index (χ3v) is 3.11. The van der Waals surface area contributed by atoms with E-state index in [2.05, 4.69) is 59.6 Å². The highest BCUT2D eigenvalue weighted by molar-refractivity contribution is 5.65. The Balaban J connectivity index is 2.24. The highest BCUT2D eigenvalue weighted by atomic mass is 15.1. The fourth-order valence-electron chi connectivity index (χ4n) is 2.18. The predicted molar refractivity (Wildman–Crippen MR) is 84.7 cm³/mol. The number of anilines is 3. The topological polar surface area (TPSA) is 49.8 Å². The van der Waals surface area contributed by atoms with Crippen molar-refractivity contribution in [3.05, 3.63) is 41.2 Å². The maximum absolute atomic E-state index is 4.34. The van der Waals surface area contributed by atoms with Crippen LogP contribution in [0.15, 0.2) is 24.5 Å². The van der Waals surface area contributed by atoms with Crippen molar-refractivity contribution in [3.63, 3.8) is 0 Å². The summed E-state index contributed by atoms with van der Waals surface area (Å²) in [6.45, 7) is 9.28. The van der Waals surface area contributed by atoms with Crippen molar-refractivity contribution >= 4 is 17.3 Å². The molecule has 0 saturated carbocycles. The Bertz CT molecular complexity index is 573. The van der Waals surface area contributed by atoms with E-state index in [4.69, 9.17) is 0 Å². The van der Waals surface area contributed by atoms with Gasteiger partial charge in [-0.1, -0.05) is 13.0 Å². The molecule has 2 N–H and O–H groups in total. The molecule has 0 saturated heterocycles. The van der Waals surface area contributed by atoms with Gasteiger partial charge in [0.2, 0.25) is 0 Å². The first kappa shape index (κ1) is 14.3. The van der Waals surface area contributed by atoms with Crippen LogP contribution in [0.4, 0.5) is 17.3 Å². The number of benzene rings is 1. The van der Waals surface area contributed by atoms with Crippen LogP contribution in [0, 0.1) is 20.8 Å². The Hall–Kier alpha value is -2.10. The average Bonchev–Trinajstić information content (AvgIpc) is 2.38. The quantitative estimate of drug-likeness (QED) is 0.863. The summed E-state index contributed by atoms with van der Waals surface area (Å²) in [5.74, 6) is 1.75. The van der Waals surface area contributed by atoms with E-state index >= 15 is 0 Å². The Labute approximate surface area is 120 Å². The van der Waals surface area contributed by atoms with Crippen molar-refractivity contribution in [3.8, 4) is 0 Å². The van der Waals surface area contributed by atoms with Crippen LogP contribution in [0.2, 0.25) is 0 Å². The lowest BCUT2D eigenvalue weighted by molar-refractivity contribution is 0.960. The van der Waals surface area contributed by atoms with Gasteiger partial charge in [0.25, 0.3) is 0 Å². The van der Waals surface area contributed by atoms with Crippen LogP contribution >= 0.6 is 0 Å². The van der Waals surface area contributed by atoms with Crippen molar-refractivity contribution in [1.82, 2.24) is 9.97 Å². The minimum absolute atomic E-state index is 0.851. The first-order valence-electron chi connectivity index (χ1n) is 7.01. The number of aromatic nitrogens is 2. The summed E-state index contributed by atoms with van der Waals surface area (Å²) >= 11 is 0. The molecule has 0 atom stereocenters. The van der Waals surface area contributed by atoms with Gasteiger partial charge in [0, 0.05) is 17.8 Å². The lowest BCUT2D eigenvalue weighted by atomic mass is 10.1. The van der Waals surface area contributed by atoms with Gasteiger partial charge in [0.05, 0.1) is 0 Å². The highest BCUT2D eigenvalue weighted by Crippen LogP contribution is 2.23. The number of hydrogen-bond acceptors (Lipinski definition) is 4. The van der Waals surface area contributed by atoms with Crippen LogP contribution < -0.4 is 10.6 Å². The first-order valence-corrected chi connectivity index (χ1v) is 7.01. The Morgan fingerprint density at radius 3 is 2.25 bits per heavy atom. The molecule has 106 valence electrons. The van der Waals surface area contributed by atoms with Gasteiger partial charge in [-0.15, -0.1) is 0 Å². The number of hydrogen-bond donors (Lipinski definition) is 2. The molecule has 20 heavy (non-hydrogen) atoms. The molecule has 0 bridgehead atoms. The molecule has 0 fully saturated rings. The van der Waals surface area contributed by atoms with Gasteiger partial charge in [-0.05, 0) is 50.5 Å². The van der Waals surface area contributed by atoms with Gasteiger partial charge in [0.15, 0.2) is 0 Å². The van der Waals surface area contributed by atoms with Gasteiger partial charge >= 0.3 is 0 Å². The van der Waals surface area contributed by atoms with Gasteiger partial charge in [-0.25, -0.2) is 9.97 Å². The predicted octanol–water partition coefficient (Wildman–Crippen LogP) is 3.97. The maximum atomic E-state index is 4.34. The van der Waals surface area contributed by atoms with E-state index in [0.29, 0.717) is 0 Å². The molecule has 0 spiro atoms. The van der Waals surface area contributed by atoms with E-state index in [-0.39, 0.29) is 0 Å². The molecule has 0 radical (unpaired) electrons. The van der Waals surface area contributed by atoms with Crippen LogP contribution in [0.3, 0.4) is 0 Å². The molecular weight excluding hydrogens is 248 g/mol. The second-order valence-corrected chi connectivity index (χ2v) is 5.12. The van der Waals surface area contributed by atoms with E-state index in [0.717, 1.165) is 35.9 Å². The zero-order valence-electron chi connectivity index (χ0n) is 12.6. The molecule has 0 aliphatic heterocycles. The van der Waals surface area contributed by atoms with Gasteiger partial charge in [-0.2, -0.15) is 0 Å². The zero-order valence-corrected chi connectivity index (χ0v) is 12.6. The summed E-state index contributed by atoms with van der Waals surface area (Å²) in [5, 5.41) is 6.70. The average molecular weight is 270 g/mol. The van der Waals surface area contributed by atoms with Crippen molar-refractivity contribution in [2.75, 3.05) is 17.2 Å². The van der Waals surface area contributed by atoms with E-state index < -0.39 is 0 Å². The fourth-order valence-corrected chi connectivity index (χ4v) is 2.18. The van der Waals surface area contributed by atoms with Crippen LogP contribution in [0.25, 0.3) is 0 Å². The van der Waals surface area contributed by atoms with E-state index in [1.165, 1.54) is 11.1 Å². The summed E-state index contributed by atoms with van der Waals surface area (Å²) in [7, 11) is 0. The molecule has 4 heteroatoms. The SMILES string of the molecule is CCCNc1ncnc(Nc2cc(C)cc(C)c2)c1C. The molecule has 1 aromatic heterocycles. The molecular formula is C16H22N4. The summed E-state index contributed by atoms with van der Waals surface area (Å²) < 4.78 is 0. The molecule has 2 rings (SSSR count). The van der Waals surface area contributed by atoms with Crippen molar-refractivity contribution in [2.45, 2.75) is 34.1 Å². The van der Waals surface area contributed by atoms with Crippen molar-refractivity contribution in [2.24, 2.45) is 0 Å². The first-order chi connectivity index (χ1) is 9.60. The third kappa shape index (κ3) is 3.47. The van der Waals surface area contributed by atoms with Crippen LogP contribution in [0.1, 0.15) is 30.0 Å². The molecule has 2 aromatic rings. The van der Waals surface area contributed by atoms with Gasteiger partial charge in [0.1, 0.15) is 18.0 Å². The lowest BCUT2D eigenvalue weighted by Crippen LogP contribution is -2.07. The van der Waals surface area contributed by atoms with E-state index in [1.807, 2.05) is 6.92 Å². The fraction of sp³-hybridized carbons (Fsp3) is 0.375. The number of nitrogens with zero attached hydrogens (tertiary/aromatic N) is 2. The van der Waals surface area contributed by atoms with Crippen molar-refractivity contribution < 1.29 is 0 Å². The summed E-state index contributed by atoms with van der Waals surface area (Å²) in [6, 6.07) is 6.40. The Morgan fingerprint density at radius 1 is 0.950 bits per heavy atom. The largest absolute Gasteiger partial charge is 0.370 e. The van der Waals surface area contributed by atoms with Crippen LogP contribution in [0.5, 0.6) is 0 Å². The molecule has 0 aliphatic rings. The molecule has 0 aliphatic carbocycles. The highest BCUT2D eigenvalue weighted by Gasteiger charge is 2.07. The lowest BCUT2D eigenvalue weighted by Gasteiger charge is -2.13. The Kier molecular flexibility index (Phi) is 4.56. The summed E-state index contributed by atoms with van der Waals surface area (Å²) in [5.41, 5.74) is 4.58. The minimum Gasteiger partial charge on any atom is -0.370 e. The maximum Gasteiger partial charge on any atom is 0.138 e. The number of rotatable bonds is 5. The van der Waals surface area contributed by atoms with Gasteiger partial charge in [-0.3, -0.25) is 0 Å². The summed E-state index contributed by atoms with van der Waals surface area (Å²) in [6.07, 6.45) is 2.67. The summed E-state index contributed by atoms with van der Waals surface area (Å²) in [4.78, 5) is 8.63. The zero-order chi connectivity index (χ0) is 14.5. The van der Waals surface area contributed by atoms with Crippen LogP contribution in [-0.4, -0.2) is 16.5 Å². The number of aryl methyl sites for hydroxylation is 2. The monoisotopic (exact) mass is 270 g/mol. The molecule has 1 heterocycles.